The summed E-state index contributed by atoms with van der Waals surface area (Å²) in [5.74, 6) is 2.11. The van der Waals surface area contributed by atoms with Gasteiger partial charge in [-0.3, -0.25) is 14.6 Å². The summed E-state index contributed by atoms with van der Waals surface area (Å²) in [5.41, 5.74) is 8.75. The molecule has 5 aromatic rings. The first-order chi connectivity index (χ1) is 20.4. The van der Waals surface area contributed by atoms with Crippen molar-refractivity contribution in [3.8, 4) is 0 Å². The number of aliphatic imine (C=N–C) groups is 1. The summed E-state index contributed by atoms with van der Waals surface area (Å²) in [6.45, 7) is 8.49. The van der Waals surface area contributed by atoms with Gasteiger partial charge in [0.15, 0.2) is 11.6 Å². The molecule has 7 heteroatoms. The number of carbonyl (C=O) groups excluding carboxylic acids is 1. The Morgan fingerprint density at radius 2 is 1.14 bits per heavy atom. The Morgan fingerprint density at radius 3 is 1.69 bits per heavy atom. The third-order valence-electron chi connectivity index (χ3n) is 7.81. The maximum Gasteiger partial charge on any atom is 0.280 e. The topological polar surface area (TPSA) is 74.1 Å². The van der Waals surface area contributed by atoms with Crippen molar-refractivity contribution in [1.82, 2.24) is 9.97 Å². The fraction of sp³-hybridized carbons (Fsp3) is 0.114. The molecule has 0 N–H and O–H groups in total. The van der Waals surface area contributed by atoms with E-state index in [0.717, 1.165) is 67.3 Å². The van der Waals surface area contributed by atoms with Crippen molar-refractivity contribution >= 4 is 52.4 Å². The smallest absolute Gasteiger partial charge is 0.276 e. The molecule has 0 fully saturated rings. The average molecular weight is 549 g/mol. The molecule has 0 bridgehead atoms. The highest BCUT2D eigenvalue weighted by Gasteiger charge is 2.38. The normalized spacial score (nSPS) is 14.3. The lowest BCUT2D eigenvalue weighted by atomic mass is 10.1. The van der Waals surface area contributed by atoms with Gasteiger partial charge < -0.3 is 0 Å². The van der Waals surface area contributed by atoms with Crippen LogP contribution in [0.2, 0.25) is 0 Å². The highest BCUT2D eigenvalue weighted by atomic mass is 16.1. The fourth-order valence-corrected chi connectivity index (χ4v) is 5.89. The Kier molecular flexibility index (Phi) is 6.01. The molecule has 7 nitrogen and oxygen atoms in total. The highest BCUT2D eigenvalue weighted by molar-refractivity contribution is 6.00. The minimum Gasteiger partial charge on any atom is -0.276 e. The first-order valence-corrected chi connectivity index (χ1v) is 13.9. The zero-order valence-corrected chi connectivity index (χ0v) is 23.8. The van der Waals surface area contributed by atoms with Crippen molar-refractivity contribution in [2.45, 2.75) is 27.7 Å². The number of anilines is 4. The molecule has 0 saturated carbocycles. The minimum atomic E-state index is -0.286. The van der Waals surface area contributed by atoms with Gasteiger partial charge in [-0.1, -0.05) is 60.7 Å². The minimum absolute atomic E-state index is 0.286. The van der Waals surface area contributed by atoms with Gasteiger partial charge in [0.1, 0.15) is 12.2 Å². The van der Waals surface area contributed by atoms with Gasteiger partial charge in [0.2, 0.25) is 0 Å². The summed E-state index contributed by atoms with van der Waals surface area (Å²) < 4.78 is 0. The van der Waals surface area contributed by atoms with Gasteiger partial charge in [0.25, 0.3) is 5.91 Å². The van der Waals surface area contributed by atoms with Gasteiger partial charge in [0, 0.05) is 5.22 Å². The molecule has 2 aliphatic rings. The van der Waals surface area contributed by atoms with E-state index in [0.29, 0.717) is 10.9 Å². The third kappa shape index (κ3) is 4.01. The van der Waals surface area contributed by atoms with Gasteiger partial charge in [0.05, 0.1) is 33.3 Å². The van der Waals surface area contributed by atoms with Crippen LogP contribution < -0.4 is 20.4 Å². The van der Waals surface area contributed by atoms with Crippen molar-refractivity contribution in [2.24, 2.45) is 9.98 Å². The number of rotatable bonds is 3. The van der Waals surface area contributed by atoms with E-state index in [1.165, 1.54) is 6.34 Å². The van der Waals surface area contributed by atoms with Gasteiger partial charge in [-0.2, -0.15) is 4.99 Å². The average Bonchev–Trinajstić information content (AvgIpc) is 3.27. The van der Waals surface area contributed by atoms with Crippen molar-refractivity contribution in [2.75, 3.05) is 9.80 Å². The van der Waals surface area contributed by atoms with E-state index < -0.39 is 0 Å². The van der Waals surface area contributed by atoms with E-state index in [4.69, 9.17) is 9.97 Å². The van der Waals surface area contributed by atoms with Crippen LogP contribution in [0.5, 0.6) is 0 Å². The van der Waals surface area contributed by atoms with Crippen molar-refractivity contribution in [3.63, 3.8) is 0 Å². The number of nitrogens with zero attached hydrogens (tertiary/aromatic N) is 6. The number of benzene rings is 4. The molecular formula is C35H28N6O. The summed E-state index contributed by atoms with van der Waals surface area (Å²) in [6.07, 6.45) is 5.41. The first-order valence-electron chi connectivity index (χ1n) is 13.9. The Morgan fingerprint density at radius 1 is 0.619 bits per heavy atom. The Bertz CT molecular complexity index is 1990. The lowest BCUT2D eigenvalue weighted by Crippen LogP contribution is -2.32. The van der Waals surface area contributed by atoms with Gasteiger partial charge in [-0.25, -0.2) is 15.0 Å². The lowest BCUT2D eigenvalue weighted by molar-refractivity contribution is 0.100. The molecule has 7 rings (SSSR count). The van der Waals surface area contributed by atoms with Crippen LogP contribution >= 0.6 is 0 Å². The SMILES string of the molecule is Cc1cccc(C)c1N1C(=C/C=c2/cccc3c2=NC=NC3=O)N(c2c(C)cccc2C)c2nc3ccccc3nc21. The standard InChI is InChI=1S/C35H28N6O/c1-21-10-7-11-22(2)31(21)40-29(19-18-25-14-9-15-26-30(25)36-20-37-35(26)42)41(32-23(3)12-8-13-24(32)4)34-33(40)38-27-16-5-6-17-28(27)39-34/h5-20H,1-4H3/b25-18-. The third-order valence-corrected chi connectivity index (χ3v) is 7.81. The molecule has 0 radical (unpaired) electrons. The van der Waals surface area contributed by atoms with Crippen LogP contribution in [0, 0.1) is 27.7 Å². The van der Waals surface area contributed by atoms with E-state index in [9.17, 15) is 4.79 Å². The molecule has 4 aromatic carbocycles. The summed E-state index contributed by atoms with van der Waals surface area (Å²) in [5, 5.41) is 1.44. The van der Waals surface area contributed by atoms with E-state index in [1.807, 2.05) is 42.5 Å². The predicted octanol–water partition coefficient (Wildman–Crippen LogP) is 6.28. The molecule has 2 aliphatic heterocycles. The second kappa shape index (κ2) is 9.89. The number of allylic oxidation sites excluding steroid dienone is 1. The molecule has 42 heavy (non-hydrogen) atoms. The zero-order chi connectivity index (χ0) is 29.0. The molecule has 1 amide bonds. The van der Waals surface area contributed by atoms with Crippen LogP contribution in [0.25, 0.3) is 17.1 Å². The molecule has 0 aliphatic carbocycles. The number of aryl methyl sites for hydroxylation is 4. The molecule has 0 saturated heterocycles. The monoisotopic (exact) mass is 548 g/mol. The van der Waals surface area contributed by atoms with Gasteiger partial charge in [-0.05, 0) is 80.3 Å². The number of hydrogen-bond donors (Lipinski definition) is 0. The maximum absolute atomic E-state index is 12.5. The number of hydrogen-bond acceptors (Lipinski definition) is 6. The second-order valence-electron chi connectivity index (χ2n) is 10.6. The van der Waals surface area contributed by atoms with Crippen molar-refractivity contribution in [1.29, 1.82) is 0 Å². The number of aromatic nitrogens is 2. The largest absolute Gasteiger partial charge is 0.280 e. The van der Waals surface area contributed by atoms with E-state index >= 15 is 0 Å². The van der Waals surface area contributed by atoms with E-state index in [2.05, 4.69) is 90.0 Å². The lowest BCUT2D eigenvalue weighted by Gasteiger charge is -2.28. The van der Waals surface area contributed by atoms with E-state index in [-0.39, 0.29) is 5.91 Å². The summed E-state index contributed by atoms with van der Waals surface area (Å²) >= 11 is 0. The number of amides is 1. The summed E-state index contributed by atoms with van der Waals surface area (Å²) in [4.78, 5) is 35.6. The van der Waals surface area contributed by atoms with Gasteiger partial charge >= 0.3 is 0 Å². The Hall–Kier alpha value is -5.43. The highest BCUT2D eigenvalue weighted by Crippen LogP contribution is 2.51. The molecule has 204 valence electrons. The van der Waals surface area contributed by atoms with Crippen LogP contribution in [-0.4, -0.2) is 22.2 Å². The zero-order valence-electron chi connectivity index (χ0n) is 23.8. The summed E-state index contributed by atoms with van der Waals surface area (Å²) in [7, 11) is 0. The second-order valence-corrected chi connectivity index (χ2v) is 10.6. The Labute approximate surface area is 243 Å². The van der Waals surface area contributed by atoms with Crippen molar-refractivity contribution < 1.29 is 4.79 Å². The van der Waals surface area contributed by atoms with Crippen LogP contribution in [0.3, 0.4) is 0 Å². The fourth-order valence-electron chi connectivity index (χ4n) is 5.89. The van der Waals surface area contributed by atoms with Gasteiger partial charge in [-0.15, -0.1) is 0 Å². The number of fused-ring (bicyclic) bond motifs is 3. The molecule has 0 spiro atoms. The Balaban J connectivity index is 1.59. The maximum atomic E-state index is 12.5. The van der Waals surface area contributed by atoms with Crippen LogP contribution in [0.4, 0.5) is 23.0 Å². The predicted molar refractivity (Wildman–Crippen MR) is 168 cm³/mol. The molecule has 0 unspecified atom stereocenters. The quantitative estimate of drug-likeness (QED) is 0.265. The van der Waals surface area contributed by atoms with E-state index in [1.54, 1.807) is 6.07 Å². The van der Waals surface area contributed by atoms with Crippen LogP contribution in [-0.2, 0) is 0 Å². The number of carbonyl (C=O) groups is 1. The van der Waals surface area contributed by atoms with Crippen LogP contribution in [0.1, 0.15) is 32.6 Å². The molecule has 3 heterocycles. The van der Waals surface area contributed by atoms with Crippen molar-refractivity contribution in [3.05, 3.63) is 129 Å². The molecule has 0 atom stereocenters. The molecule has 1 aromatic heterocycles. The summed E-state index contributed by atoms with van der Waals surface area (Å²) in [6, 6.07) is 26.2. The first kappa shape index (κ1) is 25.5. The molecular weight excluding hydrogens is 520 g/mol. The van der Waals surface area contributed by atoms with Crippen LogP contribution in [0.15, 0.2) is 101 Å². The number of para-hydroxylation sites is 5.